The molecule has 0 saturated carbocycles. The molecule has 0 fully saturated rings. The first-order valence-corrected chi connectivity index (χ1v) is 9.94. The second kappa shape index (κ2) is 8.62. The lowest BCUT2D eigenvalue weighted by Crippen LogP contribution is -2.48. The second-order valence-corrected chi connectivity index (χ2v) is 7.87. The molecular weight excluding hydrogens is 392 g/mol. The number of likely N-dealkylation sites (N-methyl/N-ethyl adjacent to an activating group) is 1. The number of furan rings is 1. The van der Waals surface area contributed by atoms with Gasteiger partial charge in [-0.25, -0.2) is 4.98 Å². The Bertz CT molecular complexity index is 1040. The molecule has 3 N–H and O–H groups in total. The number of nitrogens with one attached hydrogen (secondary N) is 1. The Morgan fingerprint density at radius 2 is 2.10 bits per heavy atom. The number of carbonyl (C=O) groups is 2. The maximum atomic E-state index is 12.8. The maximum absolute atomic E-state index is 12.8. The topological polar surface area (TPSA) is 111 Å². The van der Waals surface area contributed by atoms with Crippen LogP contribution in [-0.2, 0) is 11.4 Å². The van der Waals surface area contributed by atoms with Crippen LogP contribution in [0.4, 0.5) is 0 Å². The van der Waals surface area contributed by atoms with Gasteiger partial charge in [-0.2, -0.15) is 0 Å². The molecule has 1 aromatic carbocycles. The standard InChI is InChI=1S/C20H24N4O4S/c1-11-17(29-10-23-11)9-27-13-5-6-16-14(7-13)18(12(2)28-16)20(26)22-8-15(19(21)25)24(3)4/h5-7,10,15H,8-9H2,1-4H3,(H2,21,25)(H,22,26). The van der Waals surface area contributed by atoms with Gasteiger partial charge in [0.05, 0.1) is 21.6 Å². The highest BCUT2D eigenvalue weighted by molar-refractivity contribution is 7.09. The zero-order valence-corrected chi connectivity index (χ0v) is 17.6. The number of rotatable bonds is 8. The van der Waals surface area contributed by atoms with Gasteiger partial charge in [-0.05, 0) is 46.1 Å². The summed E-state index contributed by atoms with van der Waals surface area (Å²) in [5.74, 6) is 0.291. The maximum Gasteiger partial charge on any atom is 0.255 e. The average Bonchev–Trinajstić information content (AvgIpc) is 3.20. The van der Waals surface area contributed by atoms with Gasteiger partial charge in [0, 0.05) is 11.9 Å². The molecule has 0 bridgehead atoms. The Morgan fingerprint density at radius 1 is 1.34 bits per heavy atom. The van der Waals surface area contributed by atoms with Gasteiger partial charge in [0.1, 0.15) is 29.7 Å². The van der Waals surface area contributed by atoms with E-state index in [1.54, 1.807) is 49.6 Å². The van der Waals surface area contributed by atoms with Crippen LogP contribution in [-0.4, -0.2) is 48.4 Å². The number of fused-ring (bicyclic) bond motifs is 1. The lowest BCUT2D eigenvalue weighted by molar-refractivity contribution is -0.122. The number of amides is 2. The highest BCUT2D eigenvalue weighted by Gasteiger charge is 2.22. The molecule has 3 rings (SSSR count). The van der Waals surface area contributed by atoms with E-state index in [0.29, 0.717) is 34.6 Å². The van der Waals surface area contributed by atoms with Crippen molar-refractivity contribution >= 4 is 34.1 Å². The van der Waals surface area contributed by atoms with Crippen molar-refractivity contribution in [3.8, 4) is 5.75 Å². The number of hydrogen-bond donors (Lipinski definition) is 2. The summed E-state index contributed by atoms with van der Waals surface area (Å²) in [5.41, 5.74) is 9.13. The lowest BCUT2D eigenvalue weighted by Gasteiger charge is -2.21. The molecule has 0 saturated heterocycles. The van der Waals surface area contributed by atoms with Crippen LogP contribution in [0.3, 0.4) is 0 Å². The highest BCUT2D eigenvalue weighted by atomic mass is 32.1. The number of hydrogen-bond acceptors (Lipinski definition) is 7. The number of primary amides is 1. The third-order valence-electron chi connectivity index (χ3n) is 4.69. The molecular formula is C20H24N4O4S. The van der Waals surface area contributed by atoms with Gasteiger partial charge >= 0.3 is 0 Å². The molecule has 2 heterocycles. The first-order valence-electron chi connectivity index (χ1n) is 9.06. The molecule has 9 heteroatoms. The van der Waals surface area contributed by atoms with E-state index in [0.717, 1.165) is 10.6 Å². The van der Waals surface area contributed by atoms with E-state index >= 15 is 0 Å². The summed E-state index contributed by atoms with van der Waals surface area (Å²) in [6.45, 7) is 4.18. The predicted molar refractivity (Wildman–Crippen MR) is 111 cm³/mol. The molecule has 0 spiro atoms. The van der Waals surface area contributed by atoms with Crippen molar-refractivity contribution in [2.24, 2.45) is 5.73 Å². The number of aryl methyl sites for hydroxylation is 2. The summed E-state index contributed by atoms with van der Waals surface area (Å²) in [7, 11) is 3.46. The van der Waals surface area contributed by atoms with Gasteiger partial charge in [-0.15, -0.1) is 11.3 Å². The fraction of sp³-hybridized carbons (Fsp3) is 0.350. The number of carbonyl (C=O) groups excluding carboxylic acids is 2. The van der Waals surface area contributed by atoms with Crippen molar-refractivity contribution in [1.82, 2.24) is 15.2 Å². The summed E-state index contributed by atoms with van der Waals surface area (Å²) >= 11 is 1.54. The van der Waals surface area contributed by atoms with E-state index in [4.69, 9.17) is 14.9 Å². The molecule has 0 aliphatic carbocycles. The summed E-state index contributed by atoms with van der Waals surface area (Å²) in [4.78, 5) is 31.3. The van der Waals surface area contributed by atoms with Gasteiger partial charge in [-0.1, -0.05) is 0 Å². The number of nitrogens with two attached hydrogens (primary N) is 1. The molecule has 0 radical (unpaired) electrons. The van der Waals surface area contributed by atoms with Crippen LogP contribution in [0.1, 0.15) is 26.7 Å². The minimum absolute atomic E-state index is 0.105. The Hall–Kier alpha value is -2.91. The van der Waals surface area contributed by atoms with Crippen LogP contribution in [0, 0.1) is 13.8 Å². The first-order chi connectivity index (χ1) is 13.8. The normalized spacial score (nSPS) is 12.3. The summed E-state index contributed by atoms with van der Waals surface area (Å²) < 4.78 is 11.6. The molecule has 2 amide bonds. The quantitative estimate of drug-likeness (QED) is 0.583. The molecule has 1 unspecified atom stereocenters. The van der Waals surface area contributed by atoms with E-state index < -0.39 is 11.9 Å². The fourth-order valence-corrected chi connectivity index (χ4v) is 3.69. The third-order valence-corrected chi connectivity index (χ3v) is 5.59. The summed E-state index contributed by atoms with van der Waals surface area (Å²) in [6.07, 6.45) is 0. The molecule has 8 nitrogen and oxygen atoms in total. The Kier molecular flexibility index (Phi) is 6.19. The van der Waals surface area contributed by atoms with Crippen molar-refractivity contribution < 1.29 is 18.7 Å². The van der Waals surface area contributed by atoms with Crippen LogP contribution in [0.15, 0.2) is 28.1 Å². The van der Waals surface area contributed by atoms with Crippen molar-refractivity contribution in [2.75, 3.05) is 20.6 Å². The smallest absolute Gasteiger partial charge is 0.255 e. The molecule has 0 aliphatic rings. The highest BCUT2D eigenvalue weighted by Crippen LogP contribution is 2.29. The van der Waals surface area contributed by atoms with Crippen molar-refractivity contribution in [3.63, 3.8) is 0 Å². The van der Waals surface area contributed by atoms with Gasteiger partial charge in [0.25, 0.3) is 5.91 Å². The molecule has 1 atom stereocenters. The van der Waals surface area contributed by atoms with E-state index in [9.17, 15) is 9.59 Å². The van der Waals surface area contributed by atoms with E-state index in [-0.39, 0.29) is 12.5 Å². The Morgan fingerprint density at radius 3 is 2.72 bits per heavy atom. The van der Waals surface area contributed by atoms with Crippen LogP contribution in [0.2, 0.25) is 0 Å². The zero-order chi connectivity index (χ0) is 21.1. The molecule has 29 heavy (non-hydrogen) atoms. The number of thiazole rings is 1. The monoisotopic (exact) mass is 416 g/mol. The molecule has 2 aromatic heterocycles. The SMILES string of the molecule is Cc1ncsc1COc1ccc2oc(C)c(C(=O)NCC(C(N)=O)N(C)C)c2c1. The molecule has 0 aliphatic heterocycles. The largest absolute Gasteiger partial charge is 0.488 e. The summed E-state index contributed by atoms with van der Waals surface area (Å²) in [5, 5.41) is 3.43. The van der Waals surface area contributed by atoms with E-state index in [1.807, 2.05) is 6.92 Å². The minimum atomic E-state index is -0.598. The van der Waals surface area contributed by atoms with Gasteiger partial charge in [0.2, 0.25) is 5.91 Å². The van der Waals surface area contributed by atoms with Gasteiger partial charge in [-0.3, -0.25) is 14.5 Å². The van der Waals surface area contributed by atoms with Crippen molar-refractivity contribution in [2.45, 2.75) is 26.5 Å². The lowest BCUT2D eigenvalue weighted by atomic mass is 10.1. The van der Waals surface area contributed by atoms with Gasteiger partial charge in [0.15, 0.2) is 0 Å². The van der Waals surface area contributed by atoms with Crippen molar-refractivity contribution in [3.05, 3.63) is 45.6 Å². The first kappa shape index (κ1) is 20.8. The number of benzene rings is 1. The van der Waals surface area contributed by atoms with Crippen LogP contribution >= 0.6 is 11.3 Å². The molecule has 154 valence electrons. The van der Waals surface area contributed by atoms with Gasteiger partial charge < -0.3 is 20.2 Å². The van der Waals surface area contributed by atoms with Crippen LogP contribution in [0.5, 0.6) is 5.75 Å². The fourth-order valence-electron chi connectivity index (χ4n) is 3.00. The van der Waals surface area contributed by atoms with E-state index in [2.05, 4.69) is 10.3 Å². The predicted octanol–water partition coefficient (Wildman–Crippen LogP) is 2.23. The van der Waals surface area contributed by atoms with Crippen molar-refractivity contribution in [1.29, 1.82) is 0 Å². The van der Waals surface area contributed by atoms with Crippen LogP contribution in [0.25, 0.3) is 11.0 Å². The number of nitrogens with zero attached hydrogens (tertiary/aromatic N) is 2. The Labute approximate surface area is 172 Å². The third kappa shape index (κ3) is 4.57. The number of ether oxygens (including phenoxy) is 1. The summed E-state index contributed by atoms with van der Waals surface area (Å²) in [6, 6.07) is 4.77. The zero-order valence-electron chi connectivity index (χ0n) is 16.8. The second-order valence-electron chi connectivity index (χ2n) is 6.93. The average molecular weight is 417 g/mol. The van der Waals surface area contributed by atoms with E-state index in [1.165, 1.54) is 11.3 Å². The number of aromatic nitrogens is 1. The Balaban J connectivity index is 1.80. The van der Waals surface area contributed by atoms with Crippen LogP contribution < -0.4 is 15.8 Å². The minimum Gasteiger partial charge on any atom is -0.488 e. The molecule has 3 aromatic rings.